The molecule has 3 fully saturated rings. The van der Waals surface area contributed by atoms with Crippen molar-refractivity contribution in [3.05, 3.63) is 64.4 Å². The van der Waals surface area contributed by atoms with E-state index in [9.17, 15) is 9.59 Å². The summed E-state index contributed by atoms with van der Waals surface area (Å²) in [7, 11) is 0. The predicted molar refractivity (Wildman–Crippen MR) is 128 cm³/mol. The summed E-state index contributed by atoms with van der Waals surface area (Å²) in [6, 6.07) is 14.2. The SMILES string of the molecule is O=C(c1cccs1)N1CCC2(CC1)C[C@@H]2C(=O)N1CCN(C/C=C/c2ccccc2)CC1. The molecule has 5 nitrogen and oxygen atoms in total. The smallest absolute Gasteiger partial charge is 0.263 e. The van der Waals surface area contributed by atoms with E-state index in [0.29, 0.717) is 5.91 Å². The summed E-state index contributed by atoms with van der Waals surface area (Å²) in [5.41, 5.74) is 1.38. The number of thiophene rings is 1. The van der Waals surface area contributed by atoms with Gasteiger partial charge in [-0.15, -0.1) is 11.3 Å². The zero-order valence-corrected chi connectivity index (χ0v) is 19.3. The molecule has 0 N–H and O–H groups in total. The number of hydrogen-bond donors (Lipinski definition) is 0. The molecule has 1 atom stereocenters. The van der Waals surface area contributed by atoms with Gasteiger partial charge in [-0.25, -0.2) is 0 Å². The van der Waals surface area contributed by atoms with Crippen LogP contribution < -0.4 is 0 Å². The van der Waals surface area contributed by atoms with Gasteiger partial charge >= 0.3 is 0 Å². The van der Waals surface area contributed by atoms with Crippen LogP contribution in [0.1, 0.15) is 34.5 Å². The molecular weight excluding hydrogens is 418 g/mol. The first kappa shape index (κ1) is 21.4. The Hall–Kier alpha value is -2.44. The lowest BCUT2D eigenvalue weighted by Gasteiger charge is -2.36. The average Bonchev–Trinajstić information content (AvgIpc) is 3.26. The summed E-state index contributed by atoms with van der Waals surface area (Å²) in [4.78, 5) is 33.0. The van der Waals surface area contributed by atoms with Crippen LogP contribution in [0.25, 0.3) is 6.08 Å². The van der Waals surface area contributed by atoms with Crippen molar-refractivity contribution in [2.75, 3.05) is 45.8 Å². The number of benzene rings is 1. The Kier molecular flexibility index (Phi) is 6.15. The molecule has 168 valence electrons. The summed E-state index contributed by atoms with van der Waals surface area (Å²) in [6.45, 7) is 6.02. The number of amides is 2. The molecule has 2 amide bonds. The van der Waals surface area contributed by atoms with Gasteiger partial charge in [-0.3, -0.25) is 14.5 Å². The molecule has 0 radical (unpaired) electrons. The van der Waals surface area contributed by atoms with Gasteiger partial charge in [0.05, 0.1) is 4.88 Å². The zero-order valence-electron chi connectivity index (χ0n) is 18.5. The maximum absolute atomic E-state index is 13.2. The van der Waals surface area contributed by atoms with Gasteiger partial charge < -0.3 is 9.80 Å². The summed E-state index contributed by atoms with van der Waals surface area (Å²) in [5.74, 6) is 0.671. The van der Waals surface area contributed by atoms with Gasteiger partial charge in [0, 0.05) is 51.7 Å². The van der Waals surface area contributed by atoms with E-state index in [2.05, 4.69) is 46.2 Å². The third kappa shape index (κ3) is 4.52. The average molecular weight is 450 g/mol. The van der Waals surface area contributed by atoms with Crippen LogP contribution in [0.3, 0.4) is 0 Å². The van der Waals surface area contributed by atoms with Crippen LogP contribution in [0.15, 0.2) is 53.9 Å². The Morgan fingerprint density at radius 1 is 0.938 bits per heavy atom. The Labute approximate surface area is 194 Å². The monoisotopic (exact) mass is 449 g/mol. The van der Waals surface area contributed by atoms with Crippen LogP contribution in [0, 0.1) is 11.3 Å². The number of rotatable bonds is 5. The molecule has 1 aromatic carbocycles. The molecule has 2 aliphatic heterocycles. The zero-order chi connectivity index (χ0) is 22.0. The number of nitrogens with zero attached hydrogens (tertiary/aromatic N) is 3. The van der Waals surface area contributed by atoms with Gasteiger partial charge in [0.25, 0.3) is 5.91 Å². The predicted octanol–water partition coefficient (Wildman–Crippen LogP) is 3.85. The number of carbonyl (C=O) groups excluding carboxylic acids is 2. The Morgan fingerprint density at radius 3 is 2.38 bits per heavy atom. The maximum atomic E-state index is 13.2. The second kappa shape index (κ2) is 9.20. The molecule has 32 heavy (non-hydrogen) atoms. The highest BCUT2D eigenvalue weighted by atomic mass is 32.1. The van der Waals surface area contributed by atoms with Crippen molar-refractivity contribution in [3.63, 3.8) is 0 Å². The summed E-state index contributed by atoms with van der Waals surface area (Å²) < 4.78 is 0. The van der Waals surface area contributed by atoms with Gasteiger partial charge in [0.2, 0.25) is 5.91 Å². The van der Waals surface area contributed by atoms with E-state index >= 15 is 0 Å². The van der Waals surface area contributed by atoms with Crippen molar-refractivity contribution < 1.29 is 9.59 Å². The number of piperidine rings is 1. The van der Waals surface area contributed by atoms with Crippen molar-refractivity contribution in [2.45, 2.75) is 19.3 Å². The maximum Gasteiger partial charge on any atom is 0.263 e. The molecule has 0 bridgehead atoms. The molecule has 2 aromatic rings. The lowest BCUT2D eigenvalue weighted by atomic mass is 9.90. The highest BCUT2D eigenvalue weighted by molar-refractivity contribution is 7.12. The lowest BCUT2D eigenvalue weighted by Crippen LogP contribution is -2.49. The highest BCUT2D eigenvalue weighted by Crippen LogP contribution is 2.60. The minimum atomic E-state index is 0.149. The molecular formula is C26H31N3O2S. The van der Waals surface area contributed by atoms with Gasteiger partial charge in [0.1, 0.15) is 0 Å². The standard InChI is InChI=1S/C26H31N3O2S/c30-24(29-17-15-27(16-18-29)12-4-8-21-6-2-1-3-7-21)22-20-26(22)10-13-28(14-11-26)25(31)23-9-5-19-32-23/h1-9,19,22H,10-18,20H2/b8-4+/t22-/m1/s1. The van der Waals surface area contributed by atoms with Crippen molar-refractivity contribution >= 4 is 29.2 Å². The van der Waals surface area contributed by atoms with Crippen molar-refractivity contribution in [1.82, 2.24) is 14.7 Å². The van der Waals surface area contributed by atoms with E-state index in [-0.39, 0.29) is 17.2 Å². The summed E-state index contributed by atoms with van der Waals surface area (Å²) in [5, 5.41) is 1.95. The molecule has 1 saturated carbocycles. The Bertz CT molecular complexity index is 956. The first-order chi connectivity index (χ1) is 15.6. The minimum Gasteiger partial charge on any atom is -0.340 e. The van der Waals surface area contributed by atoms with E-state index < -0.39 is 0 Å². The third-order valence-corrected chi connectivity index (χ3v) is 8.28. The van der Waals surface area contributed by atoms with Crippen LogP contribution in [-0.2, 0) is 4.79 Å². The Balaban J connectivity index is 1.06. The summed E-state index contributed by atoms with van der Waals surface area (Å²) >= 11 is 1.51. The van der Waals surface area contributed by atoms with E-state index in [4.69, 9.17) is 0 Å². The fraction of sp³-hybridized carbons (Fsp3) is 0.462. The van der Waals surface area contributed by atoms with E-state index in [1.165, 1.54) is 16.9 Å². The molecule has 1 spiro atoms. The van der Waals surface area contributed by atoms with E-state index in [1.807, 2.05) is 28.5 Å². The van der Waals surface area contributed by atoms with Gasteiger partial charge in [-0.05, 0) is 41.7 Å². The van der Waals surface area contributed by atoms with Crippen molar-refractivity contribution in [2.24, 2.45) is 11.3 Å². The first-order valence-corrected chi connectivity index (χ1v) is 12.6. The lowest BCUT2D eigenvalue weighted by molar-refractivity contribution is -0.135. The third-order valence-electron chi connectivity index (χ3n) is 7.42. The molecule has 3 aliphatic rings. The van der Waals surface area contributed by atoms with Gasteiger partial charge in [0.15, 0.2) is 0 Å². The highest BCUT2D eigenvalue weighted by Gasteiger charge is 2.59. The van der Waals surface area contributed by atoms with E-state index in [0.717, 1.165) is 70.0 Å². The molecule has 3 heterocycles. The van der Waals surface area contributed by atoms with Gasteiger partial charge in [-0.2, -0.15) is 0 Å². The molecule has 5 rings (SSSR count). The van der Waals surface area contributed by atoms with E-state index in [1.54, 1.807) is 0 Å². The van der Waals surface area contributed by atoms with Crippen LogP contribution in [0.4, 0.5) is 0 Å². The molecule has 6 heteroatoms. The van der Waals surface area contributed by atoms with Crippen LogP contribution in [0.5, 0.6) is 0 Å². The number of piperazine rings is 1. The van der Waals surface area contributed by atoms with Crippen LogP contribution >= 0.6 is 11.3 Å². The second-order valence-corrected chi connectivity index (χ2v) is 10.3. The normalized spacial score (nSPS) is 23.1. The second-order valence-electron chi connectivity index (χ2n) is 9.33. The first-order valence-electron chi connectivity index (χ1n) is 11.7. The van der Waals surface area contributed by atoms with Crippen molar-refractivity contribution in [1.29, 1.82) is 0 Å². The summed E-state index contributed by atoms with van der Waals surface area (Å²) in [6.07, 6.45) is 7.32. The molecule has 1 aromatic heterocycles. The quantitative estimate of drug-likeness (QED) is 0.697. The Morgan fingerprint density at radius 2 is 1.69 bits per heavy atom. The largest absolute Gasteiger partial charge is 0.340 e. The molecule has 1 aliphatic carbocycles. The fourth-order valence-electron chi connectivity index (χ4n) is 5.23. The van der Waals surface area contributed by atoms with Crippen LogP contribution in [0.2, 0.25) is 0 Å². The minimum absolute atomic E-state index is 0.149. The number of hydrogen-bond acceptors (Lipinski definition) is 4. The van der Waals surface area contributed by atoms with Crippen molar-refractivity contribution in [3.8, 4) is 0 Å². The number of likely N-dealkylation sites (tertiary alicyclic amines) is 1. The number of carbonyl (C=O) groups is 2. The topological polar surface area (TPSA) is 43.9 Å². The molecule has 2 saturated heterocycles. The van der Waals surface area contributed by atoms with Gasteiger partial charge in [-0.1, -0.05) is 48.6 Å². The fourth-order valence-corrected chi connectivity index (χ4v) is 5.92. The molecule has 0 unspecified atom stereocenters. The van der Waals surface area contributed by atoms with Crippen LogP contribution in [-0.4, -0.2) is 72.3 Å².